The monoisotopic (exact) mass is 306 g/mol. The molecule has 0 spiro atoms. The summed E-state index contributed by atoms with van der Waals surface area (Å²) in [7, 11) is 0. The number of urea groups is 1. The third kappa shape index (κ3) is 2.59. The van der Waals surface area contributed by atoms with Crippen molar-refractivity contribution in [1.82, 2.24) is 10.2 Å². The summed E-state index contributed by atoms with van der Waals surface area (Å²) in [4.78, 5) is 26.2. The molecule has 3 rings (SSSR count). The number of ether oxygens (including phenoxy) is 1. The standard InChI is InChI=1S/C16H19FN2O3/c1-16(12-4-6-13(17)7-5-12)14(20)19(15(21)18-16)9-11-3-2-8-22-10-11/h4-7,11H,2-3,8-10H2,1H3,(H,18,21)/t11-,16+/m1/s1. The Labute approximate surface area is 128 Å². The van der Waals surface area contributed by atoms with Crippen molar-refractivity contribution in [3.63, 3.8) is 0 Å². The molecule has 22 heavy (non-hydrogen) atoms. The summed E-state index contributed by atoms with van der Waals surface area (Å²) in [5, 5.41) is 2.73. The zero-order valence-electron chi connectivity index (χ0n) is 12.5. The molecule has 1 N–H and O–H groups in total. The van der Waals surface area contributed by atoms with E-state index in [1.54, 1.807) is 6.92 Å². The fourth-order valence-electron chi connectivity index (χ4n) is 3.05. The first kappa shape index (κ1) is 15.0. The Morgan fingerprint density at radius 2 is 2.09 bits per heavy atom. The van der Waals surface area contributed by atoms with Crippen molar-refractivity contribution < 1.29 is 18.7 Å². The van der Waals surface area contributed by atoms with Crippen LogP contribution in [-0.4, -0.2) is 36.6 Å². The second-order valence-electron chi connectivity index (χ2n) is 6.06. The summed E-state index contributed by atoms with van der Waals surface area (Å²) in [6, 6.07) is 5.24. The van der Waals surface area contributed by atoms with Gasteiger partial charge in [-0.05, 0) is 37.5 Å². The van der Waals surface area contributed by atoms with Gasteiger partial charge >= 0.3 is 6.03 Å². The van der Waals surface area contributed by atoms with Crippen LogP contribution in [0.25, 0.3) is 0 Å². The van der Waals surface area contributed by atoms with Gasteiger partial charge in [-0.25, -0.2) is 9.18 Å². The molecule has 0 unspecified atom stereocenters. The highest BCUT2D eigenvalue weighted by Gasteiger charge is 2.49. The molecule has 0 aliphatic carbocycles. The van der Waals surface area contributed by atoms with Crippen molar-refractivity contribution in [3.8, 4) is 0 Å². The lowest BCUT2D eigenvalue weighted by Crippen LogP contribution is -2.42. The summed E-state index contributed by atoms with van der Waals surface area (Å²) < 4.78 is 18.5. The highest BCUT2D eigenvalue weighted by Crippen LogP contribution is 2.30. The molecule has 0 aromatic heterocycles. The Balaban J connectivity index is 1.79. The Kier molecular flexibility index (Phi) is 3.87. The predicted molar refractivity (Wildman–Crippen MR) is 77.5 cm³/mol. The minimum atomic E-state index is -1.14. The number of benzene rings is 1. The number of amides is 3. The van der Waals surface area contributed by atoms with Crippen molar-refractivity contribution in [3.05, 3.63) is 35.6 Å². The summed E-state index contributed by atoms with van der Waals surface area (Å²) >= 11 is 0. The molecule has 1 aromatic carbocycles. The number of hydrogen-bond acceptors (Lipinski definition) is 3. The van der Waals surface area contributed by atoms with Crippen LogP contribution in [0.1, 0.15) is 25.3 Å². The van der Waals surface area contributed by atoms with Gasteiger partial charge in [0.2, 0.25) is 0 Å². The van der Waals surface area contributed by atoms with Crippen LogP contribution >= 0.6 is 0 Å². The second kappa shape index (κ2) is 5.68. The van der Waals surface area contributed by atoms with E-state index in [1.165, 1.54) is 29.2 Å². The summed E-state index contributed by atoms with van der Waals surface area (Å²) in [6.45, 7) is 3.33. The fraction of sp³-hybridized carbons (Fsp3) is 0.500. The molecule has 0 saturated carbocycles. The third-order valence-corrected chi connectivity index (χ3v) is 4.39. The third-order valence-electron chi connectivity index (χ3n) is 4.39. The van der Waals surface area contributed by atoms with Crippen LogP contribution in [0.3, 0.4) is 0 Å². The first-order valence-electron chi connectivity index (χ1n) is 7.48. The maximum Gasteiger partial charge on any atom is 0.325 e. The SMILES string of the molecule is C[C@@]1(c2ccc(F)cc2)NC(=O)N(C[C@H]2CCCOC2)C1=O. The van der Waals surface area contributed by atoms with Crippen LogP contribution in [0.2, 0.25) is 0 Å². The van der Waals surface area contributed by atoms with Crippen molar-refractivity contribution in [2.24, 2.45) is 5.92 Å². The van der Waals surface area contributed by atoms with Crippen LogP contribution in [0.15, 0.2) is 24.3 Å². The molecule has 2 saturated heterocycles. The molecule has 2 aliphatic rings. The lowest BCUT2D eigenvalue weighted by molar-refractivity contribution is -0.131. The maximum atomic E-state index is 13.1. The van der Waals surface area contributed by atoms with Gasteiger partial charge in [0.25, 0.3) is 5.91 Å². The van der Waals surface area contributed by atoms with Crippen molar-refractivity contribution in [2.45, 2.75) is 25.3 Å². The number of carbonyl (C=O) groups is 2. The number of imide groups is 1. The highest BCUT2D eigenvalue weighted by atomic mass is 19.1. The number of carbonyl (C=O) groups excluding carboxylic acids is 2. The van der Waals surface area contributed by atoms with E-state index < -0.39 is 11.6 Å². The zero-order valence-corrected chi connectivity index (χ0v) is 12.5. The van der Waals surface area contributed by atoms with E-state index in [0.29, 0.717) is 18.7 Å². The zero-order chi connectivity index (χ0) is 15.7. The molecular formula is C16H19FN2O3. The molecule has 2 fully saturated rings. The lowest BCUT2D eigenvalue weighted by Gasteiger charge is -2.26. The Morgan fingerprint density at radius 1 is 1.36 bits per heavy atom. The van der Waals surface area contributed by atoms with E-state index in [-0.39, 0.29) is 17.6 Å². The summed E-state index contributed by atoms with van der Waals surface area (Å²) in [5.41, 5.74) is -0.560. The Bertz CT molecular complexity index is 584. The largest absolute Gasteiger partial charge is 0.381 e. The van der Waals surface area contributed by atoms with Gasteiger partial charge in [0.1, 0.15) is 11.4 Å². The van der Waals surface area contributed by atoms with E-state index in [2.05, 4.69) is 5.32 Å². The van der Waals surface area contributed by atoms with Gasteiger partial charge in [-0.15, -0.1) is 0 Å². The quantitative estimate of drug-likeness (QED) is 0.869. The first-order chi connectivity index (χ1) is 10.5. The molecule has 118 valence electrons. The summed E-state index contributed by atoms with van der Waals surface area (Å²) in [5.74, 6) is -0.492. The molecular weight excluding hydrogens is 287 g/mol. The number of hydrogen-bond donors (Lipinski definition) is 1. The minimum absolute atomic E-state index is 0.180. The van der Waals surface area contributed by atoms with Gasteiger partial charge in [0.05, 0.1) is 6.61 Å². The fourth-order valence-corrected chi connectivity index (χ4v) is 3.05. The van der Waals surface area contributed by atoms with Crippen LogP contribution in [-0.2, 0) is 15.1 Å². The lowest BCUT2D eigenvalue weighted by atomic mass is 9.91. The average molecular weight is 306 g/mol. The molecule has 6 heteroatoms. The Hall–Kier alpha value is -1.95. The molecule has 0 radical (unpaired) electrons. The molecule has 2 atom stereocenters. The van der Waals surface area contributed by atoms with E-state index in [9.17, 15) is 14.0 Å². The van der Waals surface area contributed by atoms with E-state index >= 15 is 0 Å². The normalized spacial score (nSPS) is 28.8. The van der Waals surface area contributed by atoms with Crippen molar-refractivity contribution in [1.29, 1.82) is 0 Å². The first-order valence-corrected chi connectivity index (χ1v) is 7.48. The van der Waals surface area contributed by atoms with Gasteiger partial charge in [0, 0.05) is 19.1 Å². The van der Waals surface area contributed by atoms with Crippen LogP contribution in [0.5, 0.6) is 0 Å². The molecule has 5 nitrogen and oxygen atoms in total. The second-order valence-corrected chi connectivity index (χ2v) is 6.06. The van der Waals surface area contributed by atoms with E-state index in [0.717, 1.165) is 19.4 Å². The van der Waals surface area contributed by atoms with Crippen molar-refractivity contribution >= 4 is 11.9 Å². The van der Waals surface area contributed by atoms with Crippen molar-refractivity contribution in [2.75, 3.05) is 19.8 Å². The minimum Gasteiger partial charge on any atom is -0.381 e. The van der Waals surface area contributed by atoms with Gasteiger partial charge in [0.15, 0.2) is 0 Å². The van der Waals surface area contributed by atoms with E-state index in [4.69, 9.17) is 4.74 Å². The van der Waals surface area contributed by atoms with Crippen LogP contribution in [0, 0.1) is 11.7 Å². The predicted octanol–water partition coefficient (Wildman–Crippen LogP) is 2.02. The molecule has 0 bridgehead atoms. The molecule has 2 aliphatic heterocycles. The van der Waals surface area contributed by atoms with Gasteiger partial charge in [-0.2, -0.15) is 0 Å². The van der Waals surface area contributed by atoms with Gasteiger partial charge in [-0.1, -0.05) is 12.1 Å². The van der Waals surface area contributed by atoms with Gasteiger partial charge in [-0.3, -0.25) is 9.69 Å². The Morgan fingerprint density at radius 3 is 2.73 bits per heavy atom. The maximum absolute atomic E-state index is 13.1. The number of nitrogens with one attached hydrogen (secondary N) is 1. The number of nitrogens with zero attached hydrogens (tertiary/aromatic N) is 1. The topological polar surface area (TPSA) is 58.6 Å². The number of rotatable bonds is 3. The van der Waals surface area contributed by atoms with Crippen LogP contribution in [0.4, 0.5) is 9.18 Å². The highest BCUT2D eigenvalue weighted by molar-refractivity contribution is 6.07. The molecule has 3 amide bonds. The van der Waals surface area contributed by atoms with Gasteiger partial charge < -0.3 is 10.1 Å². The molecule has 1 aromatic rings. The average Bonchev–Trinajstić information content (AvgIpc) is 2.73. The smallest absolute Gasteiger partial charge is 0.325 e. The van der Waals surface area contributed by atoms with E-state index in [1.807, 2.05) is 0 Å². The van der Waals surface area contributed by atoms with Crippen LogP contribution < -0.4 is 5.32 Å². The summed E-state index contributed by atoms with van der Waals surface area (Å²) in [6.07, 6.45) is 1.90. The molecule has 2 heterocycles. The number of halogens is 1.